The van der Waals surface area contributed by atoms with Gasteiger partial charge in [0.15, 0.2) is 0 Å². The van der Waals surface area contributed by atoms with Crippen LogP contribution < -0.4 is 11.1 Å². The van der Waals surface area contributed by atoms with E-state index < -0.39 is 0 Å². The summed E-state index contributed by atoms with van der Waals surface area (Å²) in [4.78, 5) is 0.266. The van der Waals surface area contributed by atoms with Crippen molar-refractivity contribution in [3.05, 3.63) is 41.2 Å². The highest BCUT2D eigenvalue weighted by molar-refractivity contribution is 7.80. The molecule has 0 atom stereocenters. The molecule has 0 saturated carbocycles. The van der Waals surface area contributed by atoms with Crippen LogP contribution in [0, 0.1) is 0 Å². The highest BCUT2D eigenvalue weighted by Gasteiger charge is 2.10. The van der Waals surface area contributed by atoms with Gasteiger partial charge in [-0.1, -0.05) is 29.9 Å². The molecule has 2 rings (SSSR count). The maximum atomic E-state index is 6.07. The molecule has 2 aromatic rings. The number of halogens is 1. The van der Waals surface area contributed by atoms with Gasteiger partial charge in [-0.3, -0.25) is 4.68 Å². The Morgan fingerprint density at radius 2 is 2.29 bits per heavy atom. The molecule has 0 fully saturated rings. The predicted octanol–water partition coefficient (Wildman–Crippen LogP) is 2.45. The molecule has 0 aliphatic carbocycles. The summed E-state index contributed by atoms with van der Waals surface area (Å²) in [5, 5.41) is 7.78. The van der Waals surface area contributed by atoms with Gasteiger partial charge in [-0.05, 0) is 12.1 Å². The maximum Gasteiger partial charge on any atom is 0.107 e. The Kier molecular flexibility index (Phi) is 3.31. The van der Waals surface area contributed by atoms with Crippen molar-refractivity contribution < 1.29 is 0 Å². The van der Waals surface area contributed by atoms with E-state index >= 15 is 0 Å². The summed E-state index contributed by atoms with van der Waals surface area (Å²) in [5.41, 5.74) is 7.94. The summed E-state index contributed by atoms with van der Waals surface area (Å²) >= 11 is 11.1. The van der Waals surface area contributed by atoms with Crippen molar-refractivity contribution in [3.63, 3.8) is 0 Å². The number of nitrogens with two attached hydrogens (primary N) is 1. The predicted molar refractivity (Wildman–Crippen MR) is 73.8 cm³/mol. The van der Waals surface area contributed by atoms with Crippen molar-refractivity contribution in [2.75, 3.05) is 5.32 Å². The molecule has 0 amide bonds. The Balaban J connectivity index is 2.39. The van der Waals surface area contributed by atoms with E-state index in [2.05, 4.69) is 10.4 Å². The van der Waals surface area contributed by atoms with E-state index in [-0.39, 0.29) is 4.99 Å². The lowest BCUT2D eigenvalue weighted by Gasteiger charge is -2.10. The van der Waals surface area contributed by atoms with E-state index in [4.69, 9.17) is 29.6 Å². The van der Waals surface area contributed by atoms with E-state index in [9.17, 15) is 0 Å². The monoisotopic (exact) mass is 266 g/mol. The summed E-state index contributed by atoms with van der Waals surface area (Å²) in [6.07, 6.45) is 3.56. The molecule has 3 N–H and O–H groups in total. The number of hydrogen-bond acceptors (Lipinski definition) is 3. The maximum absolute atomic E-state index is 6.07. The summed E-state index contributed by atoms with van der Waals surface area (Å²) < 4.78 is 1.70. The first-order valence-electron chi connectivity index (χ1n) is 4.92. The topological polar surface area (TPSA) is 55.9 Å². The minimum Gasteiger partial charge on any atom is -0.389 e. The van der Waals surface area contributed by atoms with Crippen LogP contribution in [-0.4, -0.2) is 14.8 Å². The second-order valence-corrected chi connectivity index (χ2v) is 4.40. The standard InChI is InChI=1S/C11H11ClN4S/c1-16-6-7(5-14-16)15-9-4-2-3-8(12)10(9)11(13)17/h2-6,15H,1H3,(H2,13,17). The first kappa shape index (κ1) is 11.9. The van der Waals surface area contributed by atoms with Crippen molar-refractivity contribution >= 4 is 40.2 Å². The lowest BCUT2D eigenvalue weighted by molar-refractivity contribution is 0.768. The SMILES string of the molecule is Cn1cc(Nc2cccc(Cl)c2C(N)=S)cn1. The number of hydrogen-bond donors (Lipinski definition) is 2. The van der Waals surface area contributed by atoms with Crippen LogP contribution in [-0.2, 0) is 7.05 Å². The lowest BCUT2D eigenvalue weighted by atomic mass is 10.1. The van der Waals surface area contributed by atoms with Crippen LogP contribution in [0.1, 0.15) is 5.56 Å². The number of rotatable bonds is 3. The molecule has 0 aliphatic rings. The van der Waals surface area contributed by atoms with E-state index in [0.717, 1.165) is 11.4 Å². The zero-order chi connectivity index (χ0) is 12.4. The molecule has 1 aromatic heterocycles. The molecular weight excluding hydrogens is 256 g/mol. The van der Waals surface area contributed by atoms with Gasteiger partial charge in [0.25, 0.3) is 0 Å². The van der Waals surface area contributed by atoms with Gasteiger partial charge >= 0.3 is 0 Å². The third-order valence-electron chi connectivity index (χ3n) is 2.24. The van der Waals surface area contributed by atoms with Crippen LogP contribution in [0.15, 0.2) is 30.6 Å². The molecule has 88 valence electrons. The average Bonchev–Trinajstić information content (AvgIpc) is 2.63. The number of benzene rings is 1. The van der Waals surface area contributed by atoms with E-state index in [1.165, 1.54) is 0 Å². The summed E-state index contributed by atoms with van der Waals surface area (Å²) in [6, 6.07) is 5.46. The molecular formula is C11H11ClN4S. The van der Waals surface area contributed by atoms with Crippen molar-refractivity contribution in [2.45, 2.75) is 0 Å². The Morgan fingerprint density at radius 1 is 1.53 bits per heavy atom. The minimum absolute atomic E-state index is 0.266. The normalized spacial score (nSPS) is 10.2. The van der Waals surface area contributed by atoms with Gasteiger partial charge in [-0.2, -0.15) is 5.10 Å². The van der Waals surface area contributed by atoms with Gasteiger partial charge < -0.3 is 11.1 Å². The average molecular weight is 267 g/mol. The Morgan fingerprint density at radius 3 is 2.88 bits per heavy atom. The van der Waals surface area contributed by atoms with Crippen LogP contribution in [0.5, 0.6) is 0 Å². The van der Waals surface area contributed by atoms with Crippen LogP contribution in [0.2, 0.25) is 5.02 Å². The molecule has 4 nitrogen and oxygen atoms in total. The number of aromatic nitrogens is 2. The molecule has 17 heavy (non-hydrogen) atoms. The third-order valence-corrected chi connectivity index (χ3v) is 2.76. The van der Waals surface area contributed by atoms with E-state index in [1.54, 1.807) is 16.9 Å². The molecule has 0 radical (unpaired) electrons. The van der Waals surface area contributed by atoms with E-state index in [1.807, 2.05) is 25.4 Å². The molecule has 0 bridgehead atoms. The summed E-state index contributed by atoms with van der Waals surface area (Å²) in [5.74, 6) is 0. The highest BCUT2D eigenvalue weighted by atomic mass is 35.5. The van der Waals surface area contributed by atoms with Crippen molar-refractivity contribution in [3.8, 4) is 0 Å². The van der Waals surface area contributed by atoms with Gasteiger partial charge in [0.1, 0.15) is 4.99 Å². The molecule has 0 unspecified atom stereocenters. The molecule has 6 heteroatoms. The number of thiocarbonyl (C=S) groups is 1. The van der Waals surface area contributed by atoms with Crippen LogP contribution in [0.3, 0.4) is 0 Å². The second-order valence-electron chi connectivity index (χ2n) is 3.55. The third kappa shape index (κ3) is 2.57. The van der Waals surface area contributed by atoms with Gasteiger partial charge in [0.05, 0.1) is 28.2 Å². The lowest BCUT2D eigenvalue weighted by Crippen LogP contribution is -2.12. The van der Waals surface area contributed by atoms with Crippen LogP contribution >= 0.6 is 23.8 Å². The van der Waals surface area contributed by atoms with Crippen molar-refractivity contribution in [1.29, 1.82) is 0 Å². The smallest absolute Gasteiger partial charge is 0.107 e. The Labute approximate surface area is 109 Å². The minimum atomic E-state index is 0.266. The first-order chi connectivity index (χ1) is 8.08. The van der Waals surface area contributed by atoms with Gasteiger partial charge in [0, 0.05) is 13.2 Å². The zero-order valence-corrected chi connectivity index (χ0v) is 10.7. The Bertz CT molecular complexity index is 564. The number of nitrogens with zero attached hydrogens (tertiary/aromatic N) is 2. The molecule has 0 aliphatic heterocycles. The first-order valence-corrected chi connectivity index (χ1v) is 5.70. The van der Waals surface area contributed by atoms with Crippen molar-refractivity contribution in [1.82, 2.24) is 9.78 Å². The van der Waals surface area contributed by atoms with E-state index in [0.29, 0.717) is 10.6 Å². The van der Waals surface area contributed by atoms with Gasteiger partial charge in [0.2, 0.25) is 0 Å². The molecule has 1 heterocycles. The number of nitrogens with one attached hydrogen (secondary N) is 1. The zero-order valence-electron chi connectivity index (χ0n) is 9.14. The quantitative estimate of drug-likeness (QED) is 0.838. The highest BCUT2D eigenvalue weighted by Crippen LogP contribution is 2.26. The summed E-state index contributed by atoms with van der Waals surface area (Å²) in [6.45, 7) is 0. The Hall–Kier alpha value is -1.59. The van der Waals surface area contributed by atoms with Crippen LogP contribution in [0.25, 0.3) is 0 Å². The molecule has 0 saturated heterocycles. The van der Waals surface area contributed by atoms with Crippen LogP contribution in [0.4, 0.5) is 11.4 Å². The second kappa shape index (κ2) is 4.73. The fourth-order valence-corrected chi connectivity index (χ4v) is 2.07. The molecule has 1 aromatic carbocycles. The fourth-order valence-electron chi connectivity index (χ4n) is 1.52. The van der Waals surface area contributed by atoms with Crippen molar-refractivity contribution in [2.24, 2.45) is 12.8 Å². The largest absolute Gasteiger partial charge is 0.389 e. The fraction of sp³-hybridized carbons (Fsp3) is 0.0909. The number of anilines is 2. The summed E-state index contributed by atoms with van der Waals surface area (Å²) in [7, 11) is 1.84. The molecule has 0 spiro atoms. The van der Waals surface area contributed by atoms with Gasteiger partial charge in [-0.25, -0.2) is 0 Å². The van der Waals surface area contributed by atoms with Gasteiger partial charge in [-0.15, -0.1) is 0 Å². The number of aryl methyl sites for hydroxylation is 1.